The summed E-state index contributed by atoms with van der Waals surface area (Å²) in [4.78, 5) is 27.6. The van der Waals surface area contributed by atoms with E-state index in [0.717, 1.165) is 18.2 Å². The summed E-state index contributed by atoms with van der Waals surface area (Å²) < 4.78 is 26.0. The third-order valence-electron chi connectivity index (χ3n) is 5.68. The van der Waals surface area contributed by atoms with Crippen LogP contribution >= 0.6 is 23.2 Å². The number of hydrogen-bond donors (Lipinski definition) is 1. The summed E-state index contributed by atoms with van der Waals surface area (Å²) in [6, 6.07) is 12.9. The summed E-state index contributed by atoms with van der Waals surface area (Å²) >= 11 is 12.0. The SMILES string of the molecule is CCC(C)NC(=O)C(C)N(Cc1ccc(Cl)cc1)C(=O)CCCN(c1cccc(Cl)c1)S(C)(=O)=O. The number of benzene rings is 2. The summed E-state index contributed by atoms with van der Waals surface area (Å²) in [6.07, 6.45) is 2.23. The fourth-order valence-electron chi connectivity index (χ4n) is 3.47. The second-order valence-corrected chi connectivity index (χ2v) is 11.3. The average Bonchev–Trinajstić information content (AvgIpc) is 2.79. The third-order valence-corrected chi connectivity index (χ3v) is 7.36. The van der Waals surface area contributed by atoms with Gasteiger partial charge in [0.25, 0.3) is 0 Å². The van der Waals surface area contributed by atoms with E-state index in [2.05, 4.69) is 5.32 Å². The van der Waals surface area contributed by atoms with Crippen LogP contribution in [0.15, 0.2) is 48.5 Å². The molecule has 2 aromatic carbocycles. The van der Waals surface area contributed by atoms with Crippen molar-refractivity contribution in [3.63, 3.8) is 0 Å². The summed E-state index contributed by atoms with van der Waals surface area (Å²) in [5.74, 6) is -0.482. The predicted molar refractivity (Wildman–Crippen MR) is 142 cm³/mol. The van der Waals surface area contributed by atoms with Crippen LogP contribution in [0.4, 0.5) is 5.69 Å². The molecule has 2 aromatic rings. The Bertz CT molecular complexity index is 1110. The van der Waals surface area contributed by atoms with Crippen LogP contribution in [0, 0.1) is 0 Å². The van der Waals surface area contributed by atoms with Crippen LogP contribution in [0.3, 0.4) is 0 Å². The molecule has 0 aliphatic carbocycles. The average molecular weight is 543 g/mol. The maximum absolute atomic E-state index is 13.3. The van der Waals surface area contributed by atoms with E-state index in [0.29, 0.717) is 15.7 Å². The number of amides is 2. The molecular formula is C25H33Cl2N3O4S. The number of anilines is 1. The number of carbonyl (C=O) groups excluding carboxylic acids is 2. The fraction of sp³-hybridized carbons (Fsp3) is 0.440. The molecule has 1 N–H and O–H groups in total. The van der Waals surface area contributed by atoms with Gasteiger partial charge in [0.2, 0.25) is 21.8 Å². The van der Waals surface area contributed by atoms with Crippen molar-refractivity contribution in [2.24, 2.45) is 0 Å². The van der Waals surface area contributed by atoms with E-state index in [1.807, 2.05) is 26.0 Å². The number of hydrogen-bond acceptors (Lipinski definition) is 4. The van der Waals surface area contributed by atoms with Crippen molar-refractivity contribution in [2.45, 2.75) is 58.7 Å². The number of nitrogens with zero attached hydrogens (tertiary/aromatic N) is 2. The van der Waals surface area contributed by atoms with Crippen molar-refractivity contribution in [1.29, 1.82) is 0 Å². The van der Waals surface area contributed by atoms with Crippen LogP contribution in [-0.2, 0) is 26.2 Å². The summed E-state index contributed by atoms with van der Waals surface area (Å²) in [6.45, 7) is 5.91. The highest BCUT2D eigenvalue weighted by Gasteiger charge is 2.27. The molecule has 2 amide bonds. The van der Waals surface area contributed by atoms with Gasteiger partial charge in [-0.3, -0.25) is 13.9 Å². The van der Waals surface area contributed by atoms with Crippen molar-refractivity contribution in [3.05, 3.63) is 64.1 Å². The van der Waals surface area contributed by atoms with Crippen molar-refractivity contribution < 1.29 is 18.0 Å². The van der Waals surface area contributed by atoms with Gasteiger partial charge in [-0.2, -0.15) is 0 Å². The minimum absolute atomic E-state index is 0.0153. The van der Waals surface area contributed by atoms with E-state index < -0.39 is 16.1 Å². The molecule has 0 aliphatic heterocycles. The van der Waals surface area contributed by atoms with Crippen LogP contribution in [0.5, 0.6) is 0 Å². The van der Waals surface area contributed by atoms with Crippen LogP contribution in [0.25, 0.3) is 0 Å². The van der Waals surface area contributed by atoms with Gasteiger partial charge in [-0.15, -0.1) is 0 Å². The van der Waals surface area contributed by atoms with Gasteiger partial charge in [-0.05, 0) is 62.6 Å². The van der Waals surface area contributed by atoms with E-state index in [1.54, 1.807) is 43.3 Å². The second-order valence-electron chi connectivity index (χ2n) is 8.56. The molecule has 2 rings (SSSR count). The van der Waals surface area contributed by atoms with Gasteiger partial charge in [-0.25, -0.2) is 8.42 Å². The largest absolute Gasteiger partial charge is 0.352 e. The second kappa shape index (κ2) is 13.1. The fourth-order valence-corrected chi connectivity index (χ4v) is 4.74. The van der Waals surface area contributed by atoms with Crippen molar-refractivity contribution in [3.8, 4) is 0 Å². The Morgan fingerprint density at radius 1 is 1.03 bits per heavy atom. The Morgan fingerprint density at radius 3 is 2.26 bits per heavy atom. The van der Waals surface area contributed by atoms with Gasteiger partial charge in [0.1, 0.15) is 6.04 Å². The molecule has 0 bridgehead atoms. The van der Waals surface area contributed by atoms with Crippen molar-refractivity contribution in [2.75, 3.05) is 17.1 Å². The molecule has 7 nitrogen and oxygen atoms in total. The first-order valence-electron chi connectivity index (χ1n) is 11.5. The molecule has 0 spiro atoms. The molecule has 192 valence electrons. The Hall–Kier alpha value is -2.29. The number of carbonyl (C=O) groups is 2. The van der Waals surface area contributed by atoms with E-state index in [4.69, 9.17) is 23.2 Å². The molecule has 0 aliphatic rings. The Balaban J connectivity index is 2.16. The topological polar surface area (TPSA) is 86.8 Å². The lowest BCUT2D eigenvalue weighted by atomic mass is 10.1. The third kappa shape index (κ3) is 9.02. The number of halogens is 2. The Labute approximate surface area is 218 Å². The highest BCUT2D eigenvalue weighted by atomic mass is 35.5. The number of nitrogens with one attached hydrogen (secondary N) is 1. The quantitative estimate of drug-likeness (QED) is 0.415. The molecule has 0 fully saturated rings. The van der Waals surface area contributed by atoms with Crippen LogP contribution in [-0.4, -0.2) is 50.0 Å². The van der Waals surface area contributed by atoms with Crippen LogP contribution < -0.4 is 9.62 Å². The Morgan fingerprint density at radius 2 is 1.69 bits per heavy atom. The molecule has 0 saturated heterocycles. The predicted octanol–water partition coefficient (Wildman–Crippen LogP) is 4.87. The lowest BCUT2D eigenvalue weighted by molar-refractivity contribution is -0.140. The molecule has 0 saturated carbocycles. The highest BCUT2D eigenvalue weighted by molar-refractivity contribution is 7.92. The first-order valence-corrected chi connectivity index (χ1v) is 14.1. The number of rotatable bonds is 12. The molecular weight excluding hydrogens is 509 g/mol. The van der Waals surface area contributed by atoms with Gasteiger partial charge < -0.3 is 10.2 Å². The zero-order valence-electron chi connectivity index (χ0n) is 20.5. The lowest BCUT2D eigenvalue weighted by Crippen LogP contribution is -2.49. The molecule has 10 heteroatoms. The zero-order chi connectivity index (χ0) is 26.2. The standard InChI is InChI=1S/C25H33Cl2N3O4S/c1-5-18(2)28-25(32)19(3)29(17-20-11-13-21(26)14-12-20)24(31)10-7-15-30(35(4,33)34)23-9-6-8-22(27)16-23/h6,8-9,11-14,16,18-19H,5,7,10,15,17H2,1-4H3,(H,28,32). The smallest absolute Gasteiger partial charge is 0.242 e. The van der Waals surface area contributed by atoms with Gasteiger partial charge >= 0.3 is 0 Å². The van der Waals surface area contributed by atoms with Gasteiger partial charge in [0, 0.05) is 35.6 Å². The monoisotopic (exact) mass is 541 g/mol. The molecule has 0 heterocycles. The Kier molecular flexibility index (Phi) is 10.9. The molecule has 0 radical (unpaired) electrons. The first-order chi connectivity index (χ1) is 16.4. The highest BCUT2D eigenvalue weighted by Crippen LogP contribution is 2.23. The molecule has 2 atom stereocenters. The molecule has 2 unspecified atom stereocenters. The normalized spacial score (nSPS) is 13.1. The lowest BCUT2D eigenvalue weighted by Gasteiger charge is -2.30. The van der Waals surface area contributed by atoms with Gasteiger partial charge in [-0.1, -0.05) is 48.3 Å². The summed E-state index contributed by atoms with van der Waals surface area (Å²) in [5.41, 5.74) is 1.27. The van der Waals surface area contributed by atoms with Crippen LogP contribution in [0.1, 0.15) is 45.6 Å². The van der Waals surface area contributed by atoms with E-state index in [-0.39, 0.29) is 43.8 Å². The van der Waals surface area contributed by atoms with Crippen molar-refractivity contribution in [1.82, 2.24) is 10.2 Å². The van der Waals surface area contributed by atoms with E-state index >= 15 is 0 Å². The van der Waals surface area contributed by atoms with Crippen LogP contribution in [0.2, 0.25) is 10.0 Å². The molecule has 0 aromatic heterocycles. The van der Waals surface area contributed by atoms with E-state index in [1.165, 1.54) is 9.21 Å². The first kappa shape index (κ1) is 28.9. The maximum Gasteiger partial charge on any atom is 0.242 e. The van der Waals surface area contributed by atoms with Crippen molar-refractivity contribution >= 4 is 50.7 Å². The minimum atomic E-state index is -3.58. The number of sulfonamides is 1. The summed E-state index contributed by atoms with van der Waals surface area (Å²) in [5, 5.41) is 3.93. The maximum atomic E-state index is 13.3. The van der Waals surface area contributed by atoms with Gasteiger partial charge in [0.05, 0.1) is 11.9 Å². The zero-order valence-corrected chi connectivity index (χ0v) is 22.8. The van der Waals surface area contributed by atoms with E-state index in [9.17, 15) is 18.0 Å². The summed E-state index contributed by atoms with van der Waals surface area (Å²) in [7, 11) is -3.58. The molecule has 35 heavy (non-hydrogen) atoms. The minimum Gasteiger partial charge on any atom is -0.352 e. The van der Waals surface area contributed by atoms with Gasteiger partial charge in [0.15, 0.2) is 0 Å².